The Bertz CT molecular complexity index is 333. The first-order valence-electron chi connectivity index (χ1n) is 3.09. The van der Waals surface area contributed by atoms with Gasteiger partial charge in [-0.05, 0) is 13.8 Å². The van der Waals surface area contributed by atoms with E-state index in [0.29, 0.717) is 11.4 Å². The molecule has 0 aliphatic carbocycles. The molecule has 1 aromatic rings. The first kappa shape index (κ1) is 15.0. The minimum absolute atomic E-state index is 0. The minimum atomic E-state index is -0.296. The third kappa shape index (κ3) is 3.37. The predicted octanol–water partition coefficient (Wildman–Crippen LogP) is 1.12. The van der Waals surface area contributed by atoms with E-state index in [1.165, 1.54) is 0 Å². The molecule has 0 fully saturated rings. The quantitative estimate of drug-likeness (QED) is 0.703. The summed E-state index contributed by atoms with van der Waals surface area (Å²) >= 11 is 0. The van der Waals surface area contributed by atoms with Gasteiger partial charge in [0.1, 0.15) is 6.07 Å². The number of aromatic nitrogens is 2. The van der Waals surface area contributed by atoms with Crippen LogP contribution in [0.2, 0.25) is 0 Å². The Morgan fingerprint density at radius 3 is 2.15 bits per heavy atom. The normalized spacial score (nSPS) is 7.77. The van der Waals surface area contributed by atoms with Crippen molar-refractivity contribution >= 4 is 0 Å². The van der Waals surface area contributed by atoms with Crippen molar-refractivity contribution in [2.75, 3.05) is 0 Å². The van der Waals surface area contributed by atoms with Crippen molar-refractivity contribution in [2.24, 2.45) is 0 Å². The van der Waals surface area contributed by atoms with Crippen LogP contribution >= 0.6 is 0 Å². The fourth-order valence-electron chi connectivity index (χ4n) is 0.666. The number of nitriles is 1. The number of aryl methyl sites for hydroxylation is 2. The third-order valence-corrected chi connectivity index (χ3v) is 1.39. The van der Waals surface area contributed by atoms with Crippen molar-refractivity contribution in [3.8, 4) is 11.9 Å². The summed E-state index contributed by atoms with van der Waals surface area (Å²) in [6.07, 6.45) is 0. The van der Waals surface area contributed by atoms with Crippen LogP contribution in [0.4, 0.5) is 0 Å². The molecule has 1 rings (SSSR count). The van der Waals surface area contributed by atoms with E-state index in [1.807, 2.05) is 0 Å². The van der Waals surface area contributed by atoms with E-state index in [4.69, 9.17) is 10.4 Å². The maximum atomic E-state index is 9.02. The van der Waals surface area contributed by atoms with Crippen LogP contribution in [0.25, 0.3) is 0 Å². The Balaban J connectivity index is 0. The molecular formula is C8H10N3OY-. The summed E-state index contributed by atoms with van der Waals surface area (Å²) in [4.78, 5) is 7.53. The first-order valence-corrected chi connectivity index (χ1v) is 3.09. The van der Waals surface area contributed by atoms with Crippen molar-refractivity contribution in [3.63, 3.8) is 0 Å². The van der Waals surface area contributed by atoms with Gasteiger partial charge in [0.15, 0.2) is 0 Å². The molecule has 67 valence electrons. The van der Waals surface area contributed by atoms with Crippen LogP contribution in [0.1, 0.15) is 17.1 Å². The van der Waals surface area contributed by atoms with Crippen LogP contribution in [0, 0.1) is 32.6 Å². The smallest absolute Gasteiger partial charge is 0.248 e. The Morgan fingerprint density at radius 2 is 1.69 bits per heavy atom. The van der Waals surface area contributed by atoms with Gasteiger partial charge in [-0.25, -0.2) is 9.97 Å². The molecule has 0 atom stereocenters. The summed E-state index contributed by atoms with van der Waals surface area (Å²) in [5, 5.41) is 17.4. The molecule has 13 heavy (non-hydrogen) atoms. The second-order valence-corrected chi connectivity index (χ2v) is 2.18. The molecular weight excluding hydrogens is 243 g/mol. The summed E-state index contributed by atoms with van der Waals surface area (Å²) in [7, 11) is 0. The van der Waals surface area contributed by atoms with Gasteiger partial charge in [0.25, 0.3) is 0 Å². The monoisotopic (exact) mass is 253 g/mol. The molecule has 1 aromatic heterocycles. The van der Waals surface area contributed by atoms with Crippen molar-refractivity contribution in [2.45, 2.75) is 13.8 Å². The average molecular weight is 253 g/mol. The van der Waals surface area contributed by atoms with Gasteiger partial charge in [-0.3, -0.25) is 0 Å². The summed E-state index contributed by atoms with van der Waals surface area (Å²) in [5.74, 6) is -0.296. The standard InChI is InChI=1S/C7H7N3O.CH3.Y/c1-4-5(2)10-7(11)6(3-8)9-4;;/h1-2H3,(H,10,11);1H3;/q;-1;. The van der Waals surface area contributed by atoms with Crippen molar-refractivity contribution in [1.29, 1.82) is 5.26 Å². The Kier molecular flexibility index (Phi) is 6.92. The molecule has 0 saturated carbocycles. The van der Waals surface area contributed by atoms with Crippen LogP contribution in [0.3, 0.4) is 0 Å². The maximum absolute atomic E-state index is 9.02. The molecule has 1 heterocycles. The zero-order valence-electron chi connectivity index (χ0n) is 7.87. The van der Waals surface area contributed by atoms with Gasteiger partial charge < -0.3 is 12.5 Å². The van der Waals surface area contributed by atoms with Gasteiger partial charge in [-0.2, -0.15) is 5.26 Å². The maximum Gasteiger partial charge on any atom is 0.248 e. The number of rotatable bonds is 0. The van der Waals surface area contributed by atoms with Crippen LogP contribution in [0.5, 0.6) is 5.88 Å². The second-order valence-electron chi connectivity index (χ2n) is 2.18. The molecule has 0 unspecified atom stereocenters. The number of hydrogen-bond acceptors (Lipinski definition) is 4. The van der Waals surface area contributed by atoms with Crippen molar-refractivity contribution in [3.05, 3.63) is 24.5 Å². The summed E-state index contributed by atoms with van der Waals surface area (Å²) in [6.45, 7) is 3.46. The molecule has 0 aliphatic rings. The molecule has 1 N–H and O–H groups in total. The SMILES string of the molecule is Cc1nc(O)c(C#N)nc1C.[CH3-].[Y]. The van der Waals surface area contributed by atoms with E-state index in [2.05, 4.69) is 9.97 Å². The van der Waals surface area contributed by atoms with Crippen LogP contribution in [-0.4, -0.2) is 15.1 Å². The molecule has 0 amide bonds. The Hall–Kier alpha value is -0.526. The van der Waals surface area contributed by atoms with Gasteiger partial charge in [-0.1, -0.05) is 0 Å². The van der Waals surface area contributed by atoms with Crippen LogP contribution in [0.15, 0.2) is 0 Å². The third-order valence-electron chi connectivity index (χ3n) is 1.39. The van der Waals surface area contributed by atoms with Gasteiger partial charge in [0, 0.05) is 32.7 Å². The summed E-state index contributed by atoms with van der Waals surface area (Å²) in [5.41, 5.74) is 1.29. The molecule has 1 radical (unpaired) electrons. The largest absolute Gasteiger partial charge is 0.491 e. The summed E-state index contributed by atoms with van der Waals surface area (Å²) in [6, 6.07) is 1.74. The molecule has 5 heteroatoms. The average Bonchev–Trinajstić information content (AvgIpc) is 1.97. The fraction of sp³-hybridized carbons (Fsp3) is 0.250. The van der Waals surface area contributed by atoms with Crippen molar-refractivity contribution in [1.82, 2.24) is 9.97 Å². The topological polar surface area (TPSA) is 69.8 Å². The fourth-order valence-corrected chi connectivity index (χ4v) is 0.666. The van der Waals surface area contributed by atoms with Crippen molar-refractivity contribution < 1.29 is 37.8 Å². The molecule has 0 aliphatic heterocycles. The van der Waals surface area contributed by atoms with E-state index in [9.17, 15) is 0 Å². The van der Waals surface area contributed by atoms with Crippen LogP contribution < -0.4 is 0 Å². The zero-order chi connectivity index (χ0) is 8.43. The van der Waals surface area contributed by atoms with E-state index in [-0.39, 0.29) is 51.7 Å². The zero-order valence-corrected chi connectivity index (χ0v) is 10.7. The van der Waals surface area contributed by atoms with Gasteiger partial charge in [0.05, 0.1) is 11.4 Å². The van der Waals surface area contributed by atoms with Gasteiger partial charge in [-0.15, -0.1) is 0 Å². The molecule has 0 saturated heterocycles. The molecule has 0 bridgehead atoms. The molecule has 4 nitrogen and oxygen atoms in total. The number of hydrogen-bond donors (Lipinski definition) is 1. The van der Waals surface area contributed by atoms with E-state index >= 15 is 0 Å². The predicted molar refractivity (Wildman–Crippen MR) is 44.3 cm³/mol. The Labute approximate surface area is 103 Å². The van der Waals surface area contributed by atoms with E-state index in [1.54, 1.807) is 19.9 Å². The number of aromatic hydroxyl groups is 1. The van der Waals surface area contributed by atoms with Crippen LogP contribution in [-0.2, 0) is 32.7 Å². The van der Waals surface area contributed by atoms with Gasteiger partial charge >= 0.3 is 0 Å². The molecule has 0 spiro atoms. The summed E-state index contributed by atoms with van der Waals surface area (Å²) < 4.78 is 0. The van der Waals surface area contributed by atoms with E-state index in [0.717, 1.165) is 0 Å². The number of nitrogens with zero attached hydrogens (tertiary/aromatic N) is 3. The van der Waals surface area contributed by atoms with E-state index < -0.39 is 0 Å². The Morgan fingerprint density at radius 1 is 1.23 bits per heavy atom. The minimum Gasteiger partial charge on any atom is -0.491 e. The van der Waals surface area contributed by atoms with Gasteiger partial charge in [0.2, 0.25) is 11.6 Å². The molecule has 0 aromatic carbocycles. The second kappa shape index (κ2) is 6.01. The first-order chi connectivity index (χ1) is 5.15.